The smallest absolute Gasteiger partial charge is 0.240 e. The molecular formula is C23H19ClN2O4. The molecule has 7 heteroatoms. The van der Waals surface area contributed by atoms with Gasteiger partial charge in [-0.15, -0.1) is 0 Å². The average Bonchev–Trinajstić information content (AvgIpc) is 3.21. The minimum absolute atomic E-state index is 0.135. The average molecular weight is 423 g/mol. The van der Waals surface area contributed by atoms with E-state index in [4.69, 9.17) is 16.3 Å². The van der Waals surface area contributed by atoms with Gasteiger partial charge in [-0.2, -0.15) is 0 Å². The van der Waals surface area contributed by atoms with E-state index in [9.17, 15) is 14.4 Å². The zero-order valence-corrected chi connectivity index (χ0v) is 17.2. The van der Waals surface area contributed by atoms with Gasteiger partial charge in [0, 0.05) is 16.3 Å². The summed E-state index contributed by atoms with van der Waals surface area (Å²) in [5.74, 6) is -1.40. The number of hydrogen-bond acceptors (Lipinski definition) is 5. The second-order valence-electron chi connectivity index (χ2n) is 7.78. The van der Waals surface area contributed by atoms with Gasteiger partial charge in [0.05, 0.1) is 30.7 Å². The summed E-state index contributed by atoms with van der Waals surface area (Å²) in [5, 5.41) is 0.521. The predicted molar refractivity (Wildman–Crippen MR) is 114 cm³/mol. The van der Waals surface area contributed by atoms with Gasteiger partial charge in [0.25, 0.3) is 0 Å². The van der Waals surface area contributed by atoms with E-state index >= 15 is 0 Å². The van der Waals surface area contributed by atoms with Crippen LogP contribution >= 0.6 is 11.6 Å². The van der Waals surface area contributed by atoms with Crippen LogP contribution in [0.15, 0.2) is 48.5 Å². The van der Waals surface area contributed by atoms with E-state index in [0.717, 1.165) is 11.3 Å². The number of benzene rings is 2. The van der Waals surface area contributed by atoms with E-state index in [-0.39, 0.29) is 23.6 Å². The number of rotatable bonds is 3. The summed E-state index contributed by atoms with van der Waals surface area (Å²) >= 11 is 5.95. The van der Waals surface area contributed by atoms with E-state index in [1.165, 1.54) is 11.8 Å². The Kier molecular flexibility index (Phi) is 4.22. The molecule has 0 N–H and O–H groups in total. The fourth-order valence-corrected chi connectivity index (χ4v) is 5.11. The van der Waals surface area contributed by atoms with E-state index in [2.05, 4.69) is 0 Å². The lowest BCUT2D eigenvalue weighted by atomic mass is 9.88. The van der Waals surface area contributed by atoms with Gasteiger partial charge in [-0.25, -0.2) is 4.90 Å². The largest absolute Gasteiger partial charge is 0.497 e. The van der Waals surface area contributed by atoms with Gasteiger partial charge < -0.3 is 9.64 Å². The molecule has 3 aliphatic rings. The quantitative estimate of drug-likeness (QED) is 0.710. The van der Waals surface area contributed by atoms with Gasteiger partial charge >= 0.3 is 0 Å². The summed E-state index contributed by atoms with van der Waals surface area (Å²) in [6.45, 7) is 1.48. The Balaban J connectivity index is 1.60. The van der Waals surface area contributed by atoms with Gasteiger partial charge in [-0.3, -0.25) is 14.4 Å². The molecule has 0 aliphatic carbocycles. The van der Waals surface area contributed by atoms with Gasteiger partial charge in [0.2, 0.25) is 11.8 Å². The van der Waals surface area contributed by atoms with Crippen molar-refractivity contribution in [1.29, 1.82) is 0 Å². The fraction of sp³-hybridized carbons (Fsp3) is 0.261. The third-order valence-corrected chi connectivity index (χ3v) is 6.47. The van der Waals surface area contributed by atoms with Crippen molar-refractivity contribution in [2.24, 2.45) is 11.8 Å². The summed E-state index contributed by atoms with van der Waals surface area (Å²) in [5.41, 5.74) is 2.20. The Morgan fingerprint density at radius 2 is 1.73 bits per heavy atom. The molecule has 0 spiro atoms. The van der Waals surface area contributed by atoms with Gasteiger partial charge in [-0.05, 0) is 49.4 Å². The van der Waals surface area contributed by atoms with Crippen molar-refractivity contribution in [3.8, 4) is 5.75 Å². The number of halogens is 1. The van der Waals surface area contributed by atoms with Crippen molar-refractivity contribution in [1.82, 2.24) is 0 Å². The Morgan fingerprint density at radius 3 is 2.40 bits per heavy atom. The second kappa shape index (κ2) is 6.71. The van der Waals surface area contributed by atoms with Crippen LogP contribution in [0.4, 0.5) is 11.4 Å². The maximum Gasteiger partial charge on any atom is 0.240 e. The molecule has 0 unspecified atom stereocenters. The van der Waals surface area contributed by atoms with E-state index in [0.29, 0.717) is 16.5 Å². The molecule has 30 heavy (non-hydrogen) atoms. The maximum atomic E-state index is 13.4. The van der Waals surface area contributed by atoms with Crippen LogP contribution in [0.1, 0.15) is 12.5 Å². The maximum absolute atomic E-state index is 13.4. The van der Waals surface area contributed by atoms with Crippen LogP contribution in [0.3, 0.4) is 0 Å². The second-order valence-corrected chi connectivity index (χ2v) is 8.21. The Hall–Kier alpha value is -3.12. The minimum Gasteiger partial charge on any atom is -0.497 e. The fourth-order valence-electron chi connectivity index (χ4n) is 4.98. The molecule has 2 fully saturated rings. The molecule has 3 aliphatic heterocycles. The van der Waals surface area contributed by atoms with Crippen molar-refractivity contribution >= 4 is 46.6 Å². The van der Waals surface area contributed by atoms with Crippen molar-refractivity contribution in [3.05, 3.63) is 59.1 Å². The number of hydrogen-bond donors (Lipinski definition) is 0. The number of fused-ring (bicyclic) bond motifs is 5. The van der Waals surface area contributed by atoms with Crippen LogP contribution in [0, 0.1) is 11.8 Å². The Bertz CT molecular complexity index is 1110. The van der Waals surface area contributed by atoms with Gasteiger partial charge in [-0.1, -0.05) is 23.8 Å². The third-order valence-electron chi connectivity index (χ3n) is 6.21. The number of methoxy groups -OCH3 is 1. The number of nitrogens with zero attached hydrogens (tertiary/aromatic N) is 2. The Labute approximate surface area is 178 Å². The van der Waals surface area contributed by atoms with Gasteiger partial charge in [0.15, 0.2) is 5.78 Å². The molecule has 2 aromatic carbocycles. The summed E-state index contributed by atoms with van der Waals surface area (Å²) in [7, 11) is 1.60. The summed E-state index contributed by atoms with van der Waals surface area (Å²) in [6.07, 6.45) is 3.85. The zero-order chi connectivity index (χ0) is 21.2. The van der Waals surface area contributed by atoms with Crippen molar-refractivity contribution in [2.45, 2.75) is 19.0 Å². The van der Waals surface area contributed by atoms with Crippen molar-refractivity contribution in [2.75, 3.05) is 16.9 Å². The monoisotopic (exact) mass is 422 g/mol. The first-order chi connectivity index (χ1) is 14.4. The Morgan fingerprint density at radius 1 is 1.03 bits per heavy atom. The van der Waals surface area contributed by atoms with Crippen LogP contribution in [-0.2, 0) is 14.4 Å². The molecular weight excluding hydrogens is 404 g/mol. The third kappa shape index (κ3) is 2.53. The molecule has 0 aromatic heterocycles. The number of carbonyl (C=O) groups excluding carboxylic acids is 3. The topological polar surface area (TPSA) is 66.9 Å². The number of imide groups is 1. The van der Waals surface area contributed by atoms with E-state index in [1.807, 2.05) is 35.3 Å². The predicted octanol–water partition coefficient (Wildman–Crippen LogP) is 3.33. The van der Waals surface area contributed by atoms with Crippen molar-refractivity contribution in [3.63, 3.8) is 0 Å². The van der Waals surface area contributed by atoms with Gasteiger partial charge in [0.1, 0.15) is 11.8 Å². The standard InChI is InChI=1S/C23H19ClN2O4/c1-12(27)21-20-19(22(28)25(23(20)29)15-6-4-14(24)5-7-15)18-9-3-13-11-16(30-2)8-10-17(13)26(18)21/h3-11,18-21H,1-2H3/t18-,19-,20-,21-/m1/s1. The van der Waals surface area contributed by atoms with Crippen molar-refractivity contribution < 1.29 is 19.1 Å². The summed E-state index contributed by atoms with van der Waals surface area (Å²) in [6, 6.07) is 11.1. The van der Waals surface area contributed by atoms with Crippen LogP contribution in [0.25, 0.3) is 6.08 Å². The first kappa shape index (κ1) is 18.9. The lowest BCUT2D eigenvalue weighted by Crippen LogP contribution is -2.48. The normalized spacial score (nSPS) is 26.5. The minimum atomic E-state index is -0.728. The molecule has 5 rings (SSSR count). The number of anilines is 2. The zero-order valence-electron chi connectivity index (χ0n) is 16.4. The van der Waals surface area contributed by atoms with Crippen LogP contribution < -0.4 is 14.5 Å². The molecule has 6 nitrogen and oxygen atoms in total. The van der Waals surface area contributed by atoms with Crippen LogP contribution in [0.5, 0.6) is 5.75 Å². The molecule has 0 radical (unpaired) electrons. The number of Topliss-reactive ketones (excluding diaryl/α,β-unsaturated/α-hetero) is 1. The first-order valence-electron chi connectivity index (χ1n) is 9.71. The van der Waals surface area contributed by atoms with Crippen LogP contribution in [-0.4, -0.2) is 36.8 Å². The lowest BCUT2D eigenvalue weighted by molar-refractivity contribution is -0.126. The molecule has 152 valence electrons. The van der Waals surface area contributed by atoms with Crippen LogP contribution in [0.2, 0.25) is 5.02 Å². The highest BCUT2D eigenvalue weighted by atomic mass is 35.5. The molecule has 2 aromatic rings. The molecule has 0 bridgehead atoms. The molecule has 3 heterocycles. The van der Waals surface area contributed by atoms with E-state index in [1.54, 1.807) is 31.4 Å². The molecule has 4 atom stereocenters. The SMILES string of the molecule is COc1ccc2c(c1)C=C[C@@H]1[C@H]3C(=O)N(c4ccc(Cl)cc4)C(=O)[C@H]3[C@@H](C(C)=O)N21. The number of ketones is 1. The van der Waals surface area contributed by atoms with E-state index < -0.39 is 17.9 Å². The highest BCUT2D eigenvalue weighted by molar-refractivity contribution is 6.31. The molecule has 2 saturated heterocycles. The number of carbonyl (C=O) groups is 3. The lowest BCUT2D eigenvalue weighted by Gasteiger charge is -2.36. The number of amides is 2. The molecule has 2 amide bonds. The highest BCUT2D eigenvalue weighted by Gasteiger charge is 2.63. The highest BCUT2D eigenvalue weighted by Crippen LogP contribution is 2.49. The molecule has 0 saturated carbocycles. The number of ether oxygens (including phenoxy) is 1. The summed E-state index contributed by atoms with van der Waals surface area (Å²) < 4.78 is 5.30. The summed E-state index contributed by atoms with van der Waals surface area (Å²) in [4.78, 5) is 42.7. The first-order valence-corrected chi connectivity index (χ1v) is 10.1.